The number of nitrogens with zero attached hydrogens (tertiary/aromatic N) is 2. The third-order valence-electron chi connectivity index (χ3n) is 5.34. The largest absolute Gasteiger partial charge is 0.481 e. The molecule has 0 saturated carbocycles. The highest BCUT2D eigenvalue weighted by Gasteiger charge is 2.16. The van der Waals surface area contributed by atoms with Crippen LogP contribution in [0, 0.1) is 11.8 Å². The number of nitrogens with two attached hydrogens (primary N) is 1. The fourth-order valence-corrected chi connectivity index (χ4v) is 3.73. The fraction of sp³-hybridized carbons (Fsp3) is 0.160. The van der Waals surface area contributed by atoms with Gasteiger partial charge in [0.05, 0.1) is 16.9 Å². The van der Waals surface area contributed by atoms with Gasteiger partial charge in [0.15, 0.2) is 0 Å². The standard InChI is InChI=1S/C25H22F2N4O2/c26-18-8-9-21-19(12-18)25(29-11-1-2-23(32)33)20(13-28)24(31-21)16-5-3-15(4-6-16)17-7-10-22(27)30-14-17/h3-10,12,14H,1-2,11,13,28H2,(H,29,31)(H,32,33). The van der Waals surface area contributed by atoms with Crippen LogP contribution in [0.15, 0.2) is 60.8 Å². The van der Waals surface area contributed by atoms with Crippen LogP contribution in [-0.2, 0) is 11.3 Å². The Kier molecular flexibility index (Phi) is 6.55. The van der Waals surface area contributed by atoms with Crippen LogP contribution in [-0.4, -0.2) is 27.6 Å². The molecule has 168 valence electrons. The second kappa shape index (κ2) is 9.70. The summed E-state index contributed by atoms with van der Waals surface area (Å²) >= 11 is 0. The average Bonchev–Trinajstić information content (AvgIpc) is 2.82. The van der Waals surface area contributed by atoms with Crippen LogP contribution >= 0.6 is 0 Å². The van der Waals surface area contributed by atoms with E-state index in [9.17, 15) is 13.6 Å². The van der Waals surface area contributed by atoms with E-state index in [0.29, 0.717) is 40.8 Å². The minimum atomic E-state index is -0.876. The Bertz CT molecular complexity index is 1290. The summed E-state index contributed by atoms with van der Waals surface area (Å²) in [6.07, 6.45) is 1.90. The number of aromatic nitrogens is 2. The molecule has 2 aromatic carbocycles. The Morgan fingerprint density at radius 3 is 2.39 bits per heavy atom. The summed E-state index contributed by atoms with van der Waals surface area (Å²) in [7, 11) is 0. The van der Waals surface area contributed by atoms with E-state index in [2.05, 4.69) is 10.3 Å². The average molecular weight is 448 g/mol. The predicted octanol–water partition coefficient (Wildman–Crippen LogP) is 4.98. The van der Waals surface area contributed by atoms with E-state index in [0.717, 1.165) is 16.7 Å². The molecule has 2 heterocycles. The highest BCUT2D eigenvalue weighted by Crippen LogP contribution is 2.35. The Labute approximate surface area is 189 Å². The molecule has 8 heteroatoms. The molecule has 0 spiro atoms. The Morgan fingerprint density at radius 1 is 1.00 bits per heavy atom. The molecule has 0 bridgehead atoms. The quantitative estimate of drug-likeness (QED) is 0.260. The van der Waals surface area contributed by atoms with Gasteiger partial charge in [-0.15, -0.1) is 0 Å². The summed E-state index contributed by atoms with van der Waals surface area (Å²) in [5.74, 6) is -1.81. The van der Waals surface area contributed by atoms with Gasteiger partial charge >= 0.3 is 5.97 Å². The first-order valence-electron chi connectivity index (χ1n) is 10.5. The van der Waals surface area contributed by atoms with Crippen LogP contribution in [0.2, 0.25) is 0 Å². The van der Waals surface area contributed by atoms with E-state index in [1.165, 1.54) is 24.4 Å². The molecular formula is C25H22F2N4O2. The predicted molar refractivity (Wildman–Crippen MR) is 124 cm³/mol. The number of carbonyl (C=O) groups is 1. The number of hydrogen-bond donors (Lipinski definition) is 3. The Balaban J connectivity index is 1.75. The van der Waals surface area contributed by atoms with Gasteiger partial charge in [-0.2, -0.15) is 4.39 Å². The van der Waals surface area contributed by atoms with E-state index in [1.54, 1.807) is 12.1 Å². The summed E-state index contributed by atoms with van der Waals surface area (Å²) in [4.78, 5) is 19.3. The molecule has 0 aliphatic rings. The molecule has 0 atom stereocenters. The number of aliphatic carboxylic acids is 1. The highest BCUT2D eigenvalue weighted by atomic mass is 19.1. The van der Waals surface area contributed by atoms with Gasteiger partial charge in [0.1, 0.15) is 5.82 Å². The molecular weight excluding hydrogens is 426 g/mol. The number of rotatable bonds is 8. The van der Waals surface area contributed by atoms with Crippen molar-refractivity contribution >= 4 is 22.6 Å². The number of benzene rings is 2. The van der Waals surface area contributed by atoms with Gasteiger partial charge in [-0.1, -0.05) is 24.3 Å². The lowest BCUT2D eigenvalue weighted by molar-refractivity contribution is -0.137. The van der Waals surface area contributed by atoms with Crippen molar-refractivity contribution in [1.29, 1.82) is 0 Å². The molecule has 0 amide bonds. The summed E-state index contributed by atoms with van der Waals surface area (Å²) < 4.78 is 27.1. The summed E-state index contributed by atoms with van der Waals surface area (Å²) in [5, 5.41) is 12.7. The van der Waals surface area contributed by atoms with E-state index in [1.807, 2.05) is 24.3 Å². The van der Waals surface area contributed by atoms with Crippen LogP contribution in [0.1, 0.15) is 18.4 Å². The third-order valence-corrected chi connectivity index (χ3v) is 5.34. The molecule has 0 unspecified atom stereocenters. The monoisotopic (exact) mass is 448 g/mol. The molecule has 2 aromatic heterocycles. The number of hydrogen-bond acceptors (Lipinski definition) is 5. The van der Waals surface area contributed by atoms with E-state index < -0.39 is 17.7 Å². The van der Waals surface area contributed by atoms with Crippen molar-refractivity contribution in [1.82, 2.24) is 9.97 Å². The topological polar surface area (TPSA) is 101 Å². The zero-order chi connectivity index (χ0) is 23.4. The fourth-order valence-electron chi connectivity index (χ4n) is 3.73. The number of halogens is 2. The number of fused-ring (bicyclic) bond motifs is 1. The smallest absolute Gasteiger partial charge is 0.303 e. The number of carboxylic acids is 1. The minimum absolute atomic E-state index is 0.0227. The van der Waals surface area contributed by atoms with Gasteiger partial charge in [0.2, 0.25) is 5.95 Å². The molecule has 0 aliphatic heterocycles. The van der Waals surface area contributed by atoms with Crippen molar-refractivity contribution < 1.29 is 18.7 Å². The van der Waals surface area contributed by atoms with Gasteiger partial charge in [-0.3, -0.25) is 4.79 Å². The minimum Gasteiger partial charge on any atom is -0.481 e. The van der Waals surface area contributed by atoms with Crippen molar-refractivity contribution in [3.8, 4) is 22.4 Å². The molecule has 4 aromatic rings. The zero-order valence-electron chi connectivity index (χ0n) is 17.7. The van der Waals surface area contributed by atoms with Gasteiger partial charge < -0.3 is 16.2 Å². The molecule has 0 fully saturated rings. The number of pyridine rings is 2. The van der Waals surface area contributed by atoms with Crippen LogP contribution in [0.3, 0.4) is 0 Å². The Morgan fingerprint density at radius 2 is 1.73 bits per heavy atom. The summed E-state index contributed by atoms with van der Waals surface area (Å²) in [5.41, 5.74) is 11.2. The SMILES string of the molecule is NCc1c(-c2ccc(-c3ccc(F)nc3)cc2)nc2ccc(F)cc2c1NCCCC(=O)O. The molecule has 6 nitrogen and oxygen atoms in total. The second-order valence-electron chi connectivity index (χ2n) is 7.55. The summed E-state index contributed by atoms with van der Waals surface area (Å²) in [6.45, 7) is 0.546. The van der Waals surface area contributed by atoms with Crippen LogP contribution in [0.4, 0.5) is 14.5 Å². The van der Waals surface area contributed by atoms with Crippen LogP contribution in [0.5, 0.6) is 0 Å². The lowest BCUT2D eigenvalue weighted by Gasteiger charge is -2.18. The lowest BCUT2D eigenvalue weighted by atomic mass is 9.98. The van der Waals surface area contributed by atoms with Gasteiger partial charge in [0.25, 0.3) is 0 Å². The molecule has 0 saturated heterocycles. The van der Waals surface area contributed by atoms with Crippen LogP contribution in [0.25, 0.3) is 33.3 Å². The Hall–Kier alpha value is -3.91. The molecule has 0 radical (unpaired) electrons. The first-order chi connectivity index (χ1) is 16.0. The maximum atomic E-state index is 14.0. The van der Waals surface area contributed by atoms with E-state index in [4.69, 9.17) is 15.8 Å². The molecule has 4 N–H and O–H groups in total. The number of carboxylic acid groups (broad SMARTS) is 1. The van der Waals surface area contributed by atoms with Crippen LogP contribution < -0.4 is 11.1 Å². The van der Waals surface area contributed by atoms with Crippen molar-refractivity contribution in [2.75, 3.05) is 11.9 Å². The van der Waals surface area contributed by atoms with E-state index in [-0.39, 0.29) is 13.0 Å². The molecule has 4 rings (SSSR count). The van der Waals surface area contributed by atoms with Crippen molar-refractivity contribution in [2.45, 2.75) is 19.4 Å². The zero-order valence-corrected chi connectivity index (χ0v) is 17.7. The third kappa shape index (κ3) is 4.96. The maximum absolute atomic E-state index is 14.0. The van der Waals surface area contributed by atoms with E-state index >= 15 is 0 Å². The van der Waals surface area contributed by atoms with Crippen molar-refractivity contribution in [3.63, 3.8) is 0 Å². The highest BCUT2D eigenvalue weighted by molar-refractivity contribution is 5.96. The number of anilines is 1. The number of nitrogens with one attached hydrogen (secondary N) is 1. The van der Waals surface area contributed by atoms with Crippen molar-refractivity contribution in [3.05, 3.63) is 78.1 Å². The first-order valence-corrected chi connectivity index (χ1v) is 10.5. The second-order valence-corrected chi connectivity index (χ2v) is 7.55. The first kappa shape index (κ1) is 22.3. The lowest BCUT2D eigenvalue weighted by Crippen LogP contribution is -2.11. The maximum Gasteiger partial charge on any atom is 0.303 e. The van der Waals surface area contributed by atoms with Gasteiger partial charge in [-0.25, -0.2) is 14.4 Å². The normalized spacial score (nSPS) is 11.0. The molecule has 0 aliphatic carbocycles. The van der Waals surface area contributed by atoms with Crippen molar-refractivity contribution in [2.24, 2.45) is 5.73 Å². The van der Waals surface area contributed by atoms with Gasteiger partial charge in [-0.05, 0) is 42.3 Å². The summed E-state index contributed by atoms with van der Waals surface area (Å²) in [6, 6.07) is 14.9. The molecule has 33 heavy (non-hydrogen) atoms. The van der Waals surface area contributed by atoms with Gasteiger partial charge in [0, 0.05) is 47.8 Å².